The van der Waals surface area contributed by atoms with E-state index < -0.39 is 46.8 Å². The maximum atomic E-state index is 13.6. The Morgan fingerprint density at radius 1 is 1.17 bits per heavy atom. The molecule has 4 atom stereocenters. The van der Waals surface area contributed by atoms with Crippen LogP contribution in [0.1, 0.15) is 30.7 Å². The first-order valence-corrected chi connectivity index (χ1v) is 9.95. The minimum atomic E-state index is -0.983. The quantitative estimate of drug-likeness (QED) is 0.640. The highest BCUT2D eigenvalue weighted by Crippen LogP contribution is 2.58. The van der Waals surface area contributed by atoms with Crippen LogP contribution in [0.25, 0.3) is 0 Å². The van der Waals surface area contributed by atoms with Crippen molar-refractivity contribution in [2.24, 2.45) is 17.6 Å². The first kappa shape index (κ1) is 19.0. The van der Waals surface area contributed by atoms with E-state index >= 15 is 0 Å². The van der Waals surface area contributed by atoms with E-state index in [0.29, 0.717) is 38.0 Å². The summed E-state index contributed by atoms with van der Waals surface area (Å²) in [5.41, 5.74) is 6.50. The van der Waals surface area contributed by atoms with Crippen LogP contribution >= 0.6 is 0 Å². The number of imide groups is 1. The Bertz CT molecular complexity index is 995. The number of allylic oxidation sites excluding steroid dienone is 1. The average molecular weight is 412 g/mol. The molecular formula is C21H21FN4O4. The lowest BCUT2D eigenvalue weighted by Gasteiger charge is -2.58. The molecule has 0 aromatic heterocycles. The largest absolute Gasteiger partial charge is 0.400 e. The summed E-state index contributed by atoms with van der Waals surface area (Å²) in [4.78, 5) is 25.2. The maximum absolute atomic E-state index is 13.6. The Morgan fingerprint density at radius 3 is 2.53 bits per heavy atom. The Balaban J connectivity index is 1.72. The second-order valence-corrected chi connectivity index (χ2v) is 8.35. The first-order valence-electron chi connectivity index (χ1n) is 9.95. The predicted octanol–water partition coefficient (Wildman–Crippen LogP) is 1.40. The van der Waals surface area contributed by atoms with Crippen LogP contribution in [0, 0.1) is 29.0 Å². The van der Waals surface area contributed by atoms with Gasteiger partial charge in [-0.05, 0) is 30.0 Å². The van der Waals surface area contributed by atoms with Crippen molar-refractivity contribution in [1.82, 2.24) is 10.6 Å². The normalized spacial score (nSPS) is 34.6. The third kappa shape index (κ3) is 2.57. The SMILES string of the molecule is N#CC1=C(N)[C@@H]2C(=O)NC(=O)N[C@@]23CCC2(C[C@@H]3[C@H]1c1ccc(F)cc1)OCCO2. The maximum Gasteiger partial charge on any atom is 0.321 e. The lowest BCUT2D eigenvalue weighted by atomic mass is 9.53. The lowest BCUT2D eigenvalue weighted by molar-refractivity contribution is -0.206. The highest BCUT2D eigenvalue weighted by molar-refractivity contribution is 6.01. The number of nitrogens with one attached hydrogen (secondary N) is 2. The first-order chi connectivity index (χ1) is 14.4. The van der Waals surface area contributed by atoms with Crippen molar-refractivity contribution in [1.29, 1.82) is 5.26 Å². The number of nitrogens with two attached hydrogens (primary N) is 1. The van der Waals surface area contributed by atoms with Crippen molar-refractivity contribution < 1.29 is 23.5 Å². The Labute approximate surface area is 172 Å². The molecule has 3 amide bonds. The van der Waals surface area contributed by atoms with E-state index in [1.807, 2.05) is 0 Å². The van der Waals surface area contributed by atoms with Gasteiger partial charge in [-0.25, -0.2) is 9.18 Å². The van der Waals surface area contributed by atoms with Crippen molar-refractivity contribution in [3.05, 3.63) is 46.9 Å². The fourth-order valence-corrected chi connectivity index (χ4v) is 5.78. The van der Waals surface area contributed by atoms with Crippen molar-refractivity contribution >= 4 is 11.9 Å². The zero-order valence-corrected chi connectivity index (χ0v) is 16.1. The summed E-state index contributed by atoms with van der Waals surface area (Å²) in [5, 5.41) is 15.2. The Hall–Kier alpha value is -2.96. The van der Waals surface area contributed by atoms with Crippen molar-refractivity contribution in [3.8, 4) is 6.07 Å². The van der Waals surface area contributed by atoms with Crippen LogP contribution in [-0.2, 0) is 14.3 Å². The van der Waals surface area contributed by atoms with Gasteiger partial charge in [-0.3, -0.25) is 10.1 Å². The third-order valence-electron chi connectivity index (χ3n) is 6.97. The van der Waals surface area contributed by atoms with Crippen LogP contribution in [0.15, 0.2) is 35.5 Å². The molecule has 156 valence electrons. The summed E-state index contributed by atoms with van der Waals surface area (Å²) in [6.45, 7) is 0.917. The molecule has 2 aliphatic heterocycles. The van der Waals surface area contributed by atoms with E-state index in [0.717, 1.165) is 0 Å². The molecule has 30 heavy (non-hydrogen) atoms. The number of benzene rings is 1. The number of carbonyl (C=O) groups is 2. The minimum Gasteiger partial charge on any atom is -0.400 e. The summed E-state index contributed by atoms with van der Waals surface area (Å²) in [5.74, 6) is -3.56. The van der Waals surface area contributed by atoms with Crippen molar-refractivity contribution in [2.45, 2.75) is 36.5 Å². The summed E-state index contributed by atoms with van der Waals surface area (Å²) in [7, 11) is 0. The molecule has 9 heteroatoms. The zero-order chi connectivity index (χ0) is 21.1. The van der Waals surface area contributed by atoms with Gasteiger partial charge in [0.25, 0.3) is 0 Å². The van der Waals surface area contributed by atoms with Gasteiger partial charge in [-0.2, -0.15) is 5.26 Å². The fraction of sp³-hybridized carbons (Fsp3) is 0.476. The van der Waals surface area contributed by atoms with Gasteiger partial charge in [0.15, 0.2) is 5.79 Å². The molecule has 0 unspecified atom stereocenters. The Kier molecular flexibility index (Phi) is 4.14. The number of halogens is 1. The molecule has 4 aliphatic rings. The highest BCUT2D eigenvalue weighted by atomic mass is 19.1. The monoisotopic (exact) mass is 412 g/mol. The molecule has 3 fully saturated rings. The van der Waals surface area contributed by atoms with E-state index in [4.69, 9.17) is 15.2 Å². The van der Waals surface area contributed by atoms with Crippen LogP contribution in [0.4, 0.5) is 9.18 Å². The fourth-order valence-electron chi connectivity index (χ4n) is 5.78. The van der Waals surface area contributed by atoms with Gasteiger partial charge in [0.05, 0.1) is 30.4 Å². The number of ether oxygens (including phenoxy) is 2. The van der Waals surface area contributed by atoms with E-state index in [9.17, 15) is 19.2 Å². The smallest absolute Gasteiger partial charge is 0.321 e. The minimum absolute atomic E-state index is 0.143. The standard InChI is InChI=1S/C21H21FN4O4/c22-12-3-1-11(2-4-12)15-13(10-23)17(24)16-18(27)25-19(28)26-21(16)6-5-20(9-14(15)21)29-7-8-30-20/h1-4,14-16H,5-9,24H2,(H2,25,26,27,28)/t14-,15+,16-,21-/m1/s1. The average Bonchev–Trinajstić information content (AvgIpc) is 3.16. The summed E-state index contributed by atoms with van der Waals surface area (Å²) < 4.78 is 25.5. The number of amides is 3. The van der Waals surface area contributed by atoms with E-state index in [1.165, 1.54) is 12.1 Å². The molecule has 4 N–H and O–H groups in total. The summed E-state index contributed by atoms with van der Waals surface area (Å²) in [6.07, 6.45) is 1.26. The van der Waals surface area contributed by atoms with Crippen LogP contribution in [0.3, 0.4) is 0 Å². The molecule has 1 aromatic rings. The number of rotatable bonds is 1. The van der Waals surface area contributed by atoms with Gasteiger partial charge < -0.3 is 20.5 Å². The molecule has 5 rings (SSSR count). The molecule has 1 saturated carbocycles. The molecule has 2 saturated heterocycles. The van der Waals surface area contributed by atoms with Gasteiger partial charge >= 0.3 is 6.03 Å². The van der Waals surface area contributed by atoms with Gasteiger partial charge in [0.1, 0.15) is 11.7 Å². The number of urea groups is 1. The van der Waals surface area contributed by atoms with Crippen molar-refractivity contribution in [2.75, 3.05) is 13.2 Å². The number of hydrogen-bond acceptors (Lipinski definition) is 6. The highest BCUT2D eigenvalue weighted by Gasteiger charge is 2.65. The molecule has 2 heterocycles. The van der Waals surface area contributed by atoms with Crippen LogP contribution < -0.4 is 16.4 Å². The number of hydrogen-bond donors (Lipinski definition) is 3. The second kappa shape index (κ2) is 6.52. The topological polar surface area (TPSA) is 126 Å². The predicted molar refractivity (Wildman–Crippen MR) is 101 cm³/mol. The zero-order valence-electron chi connectivity index (χ0n) is 16.1. The summed E-state index contributed by atoms with van der Waals surface area (Å²) >= 11 is 0. The molecule has 0 bridgehead atoms. The molecule has 1 aromatic carbocycles. The van der Waals surface area contributed by atoms with Crippen LogP contribution in [0.2, 0.25) is 0 Å². The molecule has 8 nitrogen and oxygen atoms in total. The van der Waals surface area contributed by atoms with E-state index in [2.05, 4.69) is 16.7 Å². The van der Waals surface area contributed by atoms with Crippen molar-refractivity contribution in [3.63, 3.8) is 0 Å². The third-order valence-corrected chi connectivity index (χ3v) is 6.97. The number of nitriles is 1. The van der Waals surface area contributed by atoms with Crippen LogP contribution in [-0.4, -0.2) is 36.5 Å². The van der Waals surface area contributed by atoms with Crippen LogP contribution in [0.5, 0.6) is 0 Å². The number of nitrogens with zero attached hydrogens (tertiary/aromatic N) is 1. The molecule has 2 aliphatic carbocycles. The molecular weight excluding hydrogens is 391 g/mol. The molecule has 2 spiro atoms. The van der Waals surface area contributed by atoms with E-state index in [1.54, 1.807) is 12.1 Å². The summed E-state index contributed by atoms with van der Waals surface area (Å²) in [6, 6.07) is 7.47. The van der Waals surface area contributed by atoms with E-state index in [-0.39, 0.29) is 11.3 Å². The van der Waals surface area contributed by atoms with Gasteiger partial charge in [0.2, 0.25) is 5.91 Å². The lowest BCUT2D eigenvalue weighted by Crippen LogP contribution is -2.74. The van der Waals surface area contributed by atoms with Gasteiger partial charge in [0, 0.05) is 24.5 Å². The van der Waals surface area contributed by atoms with Gasteiger partial charge in [-0.15, -0.1) is 0 Å². The molecule has 0 radical (unpaired) electrons. The number of carbonyl (C=O) groups excluding carboxylic acids is 2. The second-order valence-electron chi connectivity index (χ2n) is 8.35. The van der Waals surface area contributed by atoms with Gasteiger partial charge in [-0.1, -0.05) is 12.1 Å². The Morgan fingerprint density at radius 2 is 1.87 bits per heavy atom.